The highest BCUT2D eigenvalue weighted by atomic mass is 35.5. The second-order valence-electron chi connectivity index (χ2n) is 6.16. The lowest BCUT2D eigenvalue weighted by Crippen LogP contribution is -2.39. The third-order valence-corrected chi connectivity index (χ3v) is 5.31. The Bertz CT molecular complexity index is 829. The molecule has 1 heterocycles. The molecule has 2 rings (SSSR count). The number of nitrogens with zero attached hydrogens (tertiary/aromatic N) is 2. The molecule has 0 aliphatic rings. The standard InChI is InChI=1S/C18H22Cl2N4O3S/c1-11(2)24(18(26)22-12-4-5-13(19)14(20)8-12)9-16-23-15(10-28-16)17(25)21-6-7-27-3/h4-5,8,10-11H,6-7,9H2,1-3H3,(H,21,25)(H,22,26). The summed E-state index contributed by atoms with van der Waals surface area (Å²) in [6.45, 7) is 4.92. The van der Waals surface area contributed by atoms with E-state index < -0.39 is 0 Å². The molecule has 0 spiro atoms. The largest absolute Gasteiger partial charge is 0.383 e. The molecule has 3 amide bonds. The van der Waals surface area contributed by atoms with Gasteiger partial charge in [-0.25, -0.2) is 9.78 Å². The predicted molar refractivity (Wildman–Crippen MR) is 112 cm³/mol. The second-order valence-corrected chi connectivity index (χ2v) is 7.91. The molecule has 10 heteroatoms. The number of aromatic nitrogens is 1. The number of rotatable bonds is 8. The summed E-state index contributed by atoms with van der Waals surface area (Å²) in [4.78, 5) is 30.7. The maximum Gasteiger partial charge on any atom is 0.322 e. The Morgan fingerprint density at radius 2 is 2.04 bits per heavy atom. The SMILES string of the molecule is COCCNC(=O)c1csc(CN(C(=O)Nc2ccc(Cl)c(Cl)c2)C(C)C)n1. The summed E-state index contributed by atoms with van der Waals surface area (Å²) in [5.41, 5.74) is 0.868. The van der Waals surface area contributed by atoms with Gasteiger partial charge in [0.15, 0.2) is 0 Å². The predicted octanol–water partition coefficient (Wildman–Crippen LogP) is 4.27. The average Bonchev–Trinajstić information content (AvgIpc) is 3.11. The van der Waals surface area contributed by atoms with Crippen molar-refractivity contribution in [2.75, 3.05) is 25.6 Å². The summed E-state index contributed by atoms with van der Waals surface area (Å²) >= 11 is 13.2. The molecule has 0 aliphatic carbocycles. The Hall–Kier alpha value is -1.87. The fourth-order valence-electron chi connectivity index (χ4n) is 2.25. The van der Waals surface area contributed by atoms with Gasteiger partial charge < -0.3 is 20.3 Å². The van der Waals surface area contributed by atoms with Crippen LogP contribution in [0, 0.1) is 0 Å². The van der Waals surface area contributed by atoms with Crippen molar-refractivity contribution < 1.29 is 14.3 Å². The van der Waals surface area contributed by atoms with Crippen LogP contribution in [-0.2, 0) is 11.3 Å². The van der Waals surface area contributed by atoms with Gasteiger partial charge in [0.05, 0.1) is 23.2 Å². The summed E-state index contributed by atoms with van der Waals surface area (Å²) in [5.74, 6) is -0.268. The smallest absolute Gasteiger partial charge is 0.322 e. The number of anilines is 1. The van der Waals surface area contributed by atoms with Crippen LogP contribution < -0.4 is 10.6 Å². The Balaban J connectivity index is 2.03. The van der Waals surface area contributed by atoms with Crippen LogP contribution in [0.4, 0.5) is 10.5 Å². The number of carbonyl (C=O) groups is 2. The molecule has 0 fully saturated rings. The van der Waals surface area contributed by atoms with Crippen LogP contribution in [0.25, 0.3) is 0 Å². The number of halogens is 2. The molecule has 0 saturated heterocycles. The number of hydrogen-bond acceptors (Lipinski definition) is 5. The monoisotopic (exact) mass is 444 g/mol. The van der Waals surface area contributed by atoms with Crippen molar-refractivity contribution in [2.24, 2.45) is 0 Å². The molecule has 0 unspecified atom stereocenters. The molecule has 2 N–H and O–H groups in total. The lowest BCUT2D eigenvalue weighted by molar-refractivity contribution is 0.0932. The number of carbonyl (C=O) groups excluding carboxylic acids is 2. The minimum absolute atomic E-state index is 0.0781. The van der Waals surface area contributed by atoms with E-state index in [-0.39, 0.29) is 24.5 Å². The first kappa shape index (κ1) is 22.4. The first-order valence-electron chi connectivity index (χ1n) is 8.56. The number of urea groups is 1. The van der Waals surface area contributed by atoms with Crippen molar-refractivity contribution in [3.05, 3.63) is 44.3 Å². The molecular weight excluding hydrogens is 423 g/mol. The van der Waals surface area contributed by atoms with E-state index in [4.69, 9.17) is 27.9 Å². The van der Waals surface area contributed by atoms with Crippen LogP contribution in [0.15, 0.2) is 23.6 Å². The van der Waals surface area contributed by atoms with Gasteiger partial charge in [-0.15, -0.1) is 11.3 Å². The number of nitrogens with one attached hydrogen (secondary N) is 2. The Morgan fingerprint density at radius 3 is 2.68 bits per heavy atom. The van der Waals surface area contributed by atoms with Crippen molar-refractivity contribution in [3.8, 4) is 0 Å². The first-order chi connectivity index (χ1) is 13.3. The molecule has 0 bridgehead atoms. The van der Waals surface area contributed by atoms with Crippen molar-refractivity contribution in [1.29, 1.82) is 0 Å². The van der Waals surface area contributed by atoms with Gasteiger partial charge in [-0.3, -0.25) is 4.79 Å². The summed E-state index contributed by atoms with van der Waals surface area (Å²) in [6.07, 6.45) is 0. The van der Waals surface area contributed by atoms with E-state index in [9.17, 15) is 9.59 Å². The quantitative estimate of drug-likeness (QED) is 0.595. The summed E-state index contributed by atoms with van der Waals surface area (Å²) < 4.78 is 4.90. The second kappa shape index (κ2) is 10.6. The van der Waals surface area contributed by atoms with E-state index in [0.717, 1.165) is 0 Å². The highest BCUT2D eigenvalue weighted by Gasteiger charge is 2.20. The highest BCUT2D eigenvalue weighted by molar-refractivity contribution is 7.09. The maximum atomic E-state index is 12.7. The van der Waals surface area contributed by atoms with Gasteiger partial charge in [-0.1, -0.05) is 23.2 Å². The maximum absolute atomic E-state index is 12.7. The molecule has 1 aromatic heterocycles. The minimum Gasteiger partial charge on any atom is -0.383 e. The van der Waals surface area contributed by atoms with Gasteiger partial charge in [0.2, 0.25) is 0 Å². The molecule has 1 aromatic carbocycles. The van der Waals surface area contributed by atoms with Gasteiger partial charge >= 0.3 is 6.03 Å². The Labute approximate surface area is 178 Å². The van der Waals surface area contributed by atoms with Crippen LogP contribution in [0.3, 0.4) is 0 Å². The topological polar surface area (TPSA) is 83.6 Å². The van der Waals surface area contributed by atoms with E-state index in [1.807, 2.05) is 13.8 Å². The van der Waals surface area contributed by atoms with Crippen molar-refractivity contribution in [1.82, 2.24) is 15.2 Å². The summed E-state index contributed by atoms with van der Waals surface area (Å²) in [5, 5.41) is 8.63. The fraction of sp³-hybridized carbons (Fsp3) is 0.389. The molecule has 152 valence electrons. The van der Waals surface area contributed by atoms with Crippen LogP contribution in [0.1, 0.15) is 29.3 Å². The van der Waals surface area contributed by atoms with Gasteiger partial charge in [-0.2, -0.15) is 0 Å². The van der Waals surface area contributed by atoms with Crippen molar-refractivity contribution >= 4 is 52.2 Å². The molecular formula is C18H22Cl2N4O3S. The molecule has 28 heavy (non-hydrogen) atoms. The zero-order chi connectivity index (χ0) is 20.7. The number of thiazole rings is 1. The number of ether oxygens (including phenoxy) is 1. The molecule has 0 saturated carbocycles. The minimum atomic E-state index is -0.297. The number of methoxy groups -OCH3 is 1. The van der Waals surface area contributed by atoms with Crippen molar-refractivity contribution in [3.63, 3.8) is 0 Å². The van der Waals surface area contributed by atoms with Crippen LogP contribution in [0.5, 0.6) is 0 Å². The van der Waals surface area contributed by atoms with Crippen LogP contribution >= 0.6 is 34.5 Å². The van der Waals surface area contributed by atoms with Gasteiger partial charge in [0.1, 0.15) is 10.7 Å². The first-order valence-corrected chi connectivity index (χ1v) is 10.2. The third-order valence-electron chi connectivity index (χ3n) is 3.74. The van der Waals surface area contributed by atoms with Crippen molar-refractivity contribution in [2.45, 2.75) is 26.4 Å². The summed E-state index contributed by atoms with van der Waals surface area (Å²) in [7, 11) is 1.57. The average molecular weight is 445 g/mol. The lowest BCUT2D eigenvalue weighted by Gasteiger charge is -2.26. The van der Waals surface area contributed by atoms with E-state index in [1.54, 1.807) is 35.6 Å². The van der Waals surface area contributed by atoms with Gasteiger partial charge in [0, 0.05) is 30.8 Å². The van der Waals surface area contributed by atoms with E-state index in [0.29, 0.717) is 39.6 Å². The lowest BCUT2D eigenvalue weighted by atomic mass is 10.3. The number of hydrogen-bond donors (Lipinski definition) is 2. The highest BCUT2D eigenvalue weighted by Crippen LogP contribution is 2.25. The molecule has 0 aliphatic heterocycles. The Morgan fingerprint density at radius 1 is 1.29 bits per heavy atom. The van der Waals surface area contributed by atoms with Gasteiger partial charge in [-0.05, 0) is 32.0 Å². The number of amides is 3. The van der Waals surface area contributed by atoms with E-state index in [1.165, 1.54) is 11.3 Å². The van der Waals surface area contributed by atoms with Crippen LogP contribution in [0.2, 0.25) is 10.0 Å². The van der Waals surface area contributed by atoms with Gasteiger partial charge in [0.25, 0.3) is 5.91 Å². The summed E-state index contributed by atoms with van der Waals surface area (Å²) in [6, 6.07) is 4.51. The van der Waals surface area contributed by atoms with Crippen LogP contribution in [-0.4, -0.2) is 48.1 Å². The normalized spacial score (nSPS) is 10.8. The van der Waals surface area contributed by atoms with E-state index in [2.05, 4.69) is 15.6 Å². The Kier molecular flexibility index (Phi) is 8.50. The third kappa shape index (κ3) is 6.34. The molecule has 0 radical (unpaired) electrons. The molecule has 7 nitrogen and oxygen atoms in total. The molecule has 0 atom stereocenters. The van der Waals surface area contributed by atoms with E-state index >= 15 is 0 Å². The zero-order valence-corrected chi connectivity index (χ0v) is 18.1. The zero-order valence-electron chi connectivity index (χ0n) is 15.8. The number of benzene rings is 1. The fourth-order valence-corrected chi connectivity index (χ4v) is 3.32. The molecule has 2 aromatic rings.